The van der Waals surface area contributed by atoms with Crippen molar-refractivity contribution in [3.63, 3.8) is 0 Å². The van der Waals surface area contributed by atoms with Crippen LogP contribution in [0.1, 0.15) is 49.4 Å². The topological polar surface area (TPSA) is 82.7 Å². The summed E-state index contributed by atoms with van der Waals surface area (Å²) in [7, 11) is 3.16. The number of aromatic nitrogens is 5. The van der Waals surface area contributed by atoms with Crippen molar-refractivity contribution < 1.29 is 0 Å². The Morgan fingerprint density at radius 2 is 1.89 bits per heavy atom. The molecule has 0 spiro atoms. The molecule has 3 aromatic heterocycles. The van der Waals surface area contributed by atoms with Gasteiger partial charge in [0.15, 0.2) is 5.65 Å². The highest BCUT2D eigenvalue weighted by molar-refractivity contribution is 7.98. The SMILES string of the molecule is Cn1c(=O)c2c(SCc3cccnc3)nc(C3CCCCC3)nc2n(C)c1=O. The van der Waals surface area contributed by atoms with Gasteiger partial charge in [-0.3, -0.25) is 18.9 Å². The van der Waals surface area contributed by atoms with Crippen molar-refractivity contribution >= 4 is 22.8 Å². The van der Waals surface area contributed by atoms with E-state index < -0.39 is 0 Å². The molecule has 0 aliphatic heterocycles. The predicted molar refractivity (Wildman–Crippen MR) is 110 cm³/mol. The van der Waals surface area contributed by atoms with Gasteiger partial charge in [-0.2, -0.15) is 0 Å². The molecule has 0 atom stereocenters. The Kier molecular flexibility index (Phi) is 5.30. The van der Waals surface area contributed by atoms with Crippen LogP contribution in [0, 0.1) is 0 Å². The Labute approximate surface area is 166 Å². The predicted octanol–water partition coefficient (Wildman–Crippen LogP) is 2.76. The van der Waals surface area contributed by atoms with Crippen molar-refractivity contribution in [2.45, 2.75) is 48.8 Å². The van der Waals surface area contributed by atoms with Crippen molar-refractivity contribution in [2.75, 3.05) is 0 Å². The number of fused-ring (bicyclic) bond motifs is 1. The van der Waals surface area contributed by atoms with Crippen LogP contribution in [-0.2, 0) is 19.8 Å². The van der Waals surface area contributed by atoms with E-state index in [0.29, 0.717) is 21.8 Å². The van der Waals surface area contributed by atoms with Gasteiger partial charge in [-0.05, 0) is 24.5 Å². The van der Waals surface area contributed by atoms with Crippen molar-refractivity contribution in [1.29, 1.82) is 0 Å². The molecule has 0 amide bonds. The van der Waals surface area contributed by atoms with Gasteiger partial charge in [-0.15, -0.1) is 11.8 Å². The maximum Gasteiger partial charge on any atom is 0.332 e. The quantitative estimate of drug-likeness (QED) is 0.497. The summed E-state index contributed by atoms with van der Waals surface area (Å²) in [6, 6.07) is 3.89. The van der Waals surface area contributed by atoms with Gasteiger partial charge < -0.3 is 0 Å². The molecule has 28 heavy (non-hydrogen) atoms. The minimum atomic E-state index is -0.367. The number of thioether (sulfide) groups is 1. The van der Waals surface area contributed by atoms with E-state index in [1.54, 1.807) is 13.2 Å². The monoisotopic (exact) mass is 397 g/mol. The van der Waals surface area contributed by atoms with Gasteiger partial charge in [0.1, 0.15) is 16.2 Å². The van der Waals surface area contributed by atoms with Crippen LogP contribution in [-0.4, -0.2) is 24.1 Å². The second kappa shape index (κ2) is 7.87. The van der Waals surface area contributed by atoms with Crippen LogP contribution in [0.3, 0.4) is 0 Å². The average Bonchev–Trinajstić information content (AvgIpc) is 2.75. The van der Waals surface area contributed by atoms with E-state index in [1.807, 2.05) is 18.3 Å². The van der Waals surface area contributed by atoms with Crippen LogP contribution in [0.2, 0.25) is 0 Å². The summed E-state index contributed by atoms with van der Waals surface area (Å²) >= 11 is 1.50. The minimum Gasteiger partial charge on any atom is -0.280 e. The summed E-state index contributed by atoms with van der Waals surface area (Å²) in [5.74, 6) is 1.69. The molecule has 3 aromatic rings. The van der Waals surface area contributed by atoms with Crippen LogP contribution < -0.4 is 11.2 Å². The van der Waals surface area contributed by atoms with E-state index in [4.69, 9.17) is 4.98 Å². The zero-order valence-corrected chi connectivity index (χ0v) is 16.9. The van der Waals surface area contributed by atoms with E-state index in [9.17, 15) is 9.59 Å². The van der Waals surface area contributed by atoms with Gasteiger partial charge in [0.05, 0.1) is 0 Å². The van der Waals surface area contributed by atoms with Gasteiger partial charge in [-0.1, -0.05) is 25.3 Å². The molecule has 1 fully saturated rings. The molecule has 0 radical (unpaired) electrons. The second-order valence-corrected chi connectivity index (χ2v) is 8.24. The minimum absolute atomic E-state index is 0.287. The lowest BCUT2D eigenvalue weighted by Crippen LogP contribution is -2.38. The molecule has 0 saturated heterocycles. The number of hydrogen-bond acceptors (Lipinski definition) is 6. The summed E-state index contributed by atoms with van der Waals surface area (Å²) in [4.78, 5) is 39.0. The third kappa shape index (κ3) is 3.48. The molecule has 1 aliphatic rings. The third-order valence-corrected chi connectivity index (χ3v) is 6.40. The Morgan fingerprint density at radius 1 is 1.11 bits per heavy atom. The normalized spacial score (nSPS) is 15.2. The Bertz CT molecular complexity index is 1120. The van der Waals surface area contributed by atoms with E-state index in [2.05, 4.69) is 9.97 Å². The summed E-state index contributed by atoms with van der Waals surface area (Å²) in [5, 5.41) is 1.06. The van der Waals surface area contributed by atoms with Gasteiger partial charge in [-0.25, -0.2) is 14.8 Å². The fourth-order valence-electron chi connectivity index (χ4n) is 3.73. The fraction of sp³-hybridized carbons (Fsp3) is 0.450. The lowest BCUT2D eigenvalue weighted by Gasteiger charge is -2.21. The molecule has 0 aromatic carbocycles. The molecule has 1 aliphatic carbocycles. The summed E-state index contributed by atoms with van der Waals surface area (Å²) < 4.78 is 2.58. The first-order valence-electron chi connectivity index (χ1n) is 9.55. The lowest BCUT2D eigenvalue weighted by molar-refractivity contribution is 0.427. The molecule has 4 rings (SSSR count). The number of nitrogens with zero attached hydrogens (tertiary/aromatic N) is 5. The molecule has 8 heteroatoms. The highest BCUT2D eigenvalue weighted by Crippen LogP contribution is 2.33. The van der Waals surface area contributed by atoms with Crippen LogP contribution in [0.4, 0.5) is 0 Å². The second-order valence-electron chi connectivity index (χ2n) is 7.28. The largest absolute Gasteiger partial charge is 0.332 e. The Balaban J connectivity index is 1.86. The van der Waals surface area contributed by atoms with Crippen molar-refractivity contribution in [3.8, 4) is 0 Å². The van der Waals surface area contributed by atoms with Crippen LogP contribution >= 0.6 is 11.8 Å². The lowest BCUT2D eigenvalue weighted by atomic mass is 9.89. The van der Waals surface area contributed by atoms with E-state index in [1.165, 1.54) is 42.6 Å². The van der Waals surface area contributed by atoms with Crippen molar-refractivity contribution in [3.05, 3.63) is 56.8 Å². The van der Waals surface area contributed by atoms with E-state index >= 15 is 0 Å². The van der Waals surface area contributed by atoms with Gasteiger partial charge in [0, 0.05) is 38.2 Å². The van der Waals surface area contributed by atoms with Crippen LogP contribution in [0.15, 0.2) is 39.1 Å². The molecule has 3 heterocycles. The molecule has 0 unspecified atom stereocenters. The summed E-state index contributed by atoms with van der Waals surface area (Å²) in [6.45, 7) is 0. The fourth-order valence-corrected chi connectivity index (χ4v) is 4.68. The summed E-state index contributed by atoms with van der Waals surface area (Å²) in [5.41, 5.74) is 0.772. The van der Waals surface area contributed by atoms with Gasteiger partial charge in [0.25, 0.3) is 5.56 Å². The number of aryl methyl sites for hydroxylation is 1. The van der Waals surface area contributed by atoms with Gasteiger partial charge >= 0.3 is 5.69 Å². The Hall–Kier alpha value is -2.48. The number of rotatable bonds is 4. The number of hydrogen-bond donors (Lipinski definition) is 0. The molecule has 1 saturated carbocycles. The van der Waals surface area contributed by atoms with E-state index in [0.717, 1.165) is 28.8 Å². The molecule has 146 valence electrons. The maximum absolute atomic E-state index is 12.9. The van der Waals surface area contributed by atoms with Crippen LogP contribution in [0.25, 0.3) is 11.0 Å². The van der Waals surface area contributed by atoms with Crippen molar-refractivity contribution in [1.82, 2.24) is 24.1 Å². The standard InChI is InChI=1S/C20H23N5O2S/c1-24-17-15(19(26)25(2)20(24)27)18(28-12-13-7-6-10-21-11-13)23-16(22-17)14-8-4-3-5-9-14/h6-7,10-11,14H,3-5,8-9,12H2,1-2H3. The molecular weight excluding hydrogens is 374 g/mol. The highest BCUT2D eigenvalue weighted by Gasteiger charge is 2.23. The van der Waals surface area contributed by atoms with Crippen molar-refractivity contribution in [2.24, 2.45) is 14.1 Å². The number of pyridine rings is 1. The van der Waals surface area contributed by atoms with Gasteiger partial charge in [0.2, 0.25) is 0 Å². The molecular formula is C20H23N5O2S. The van der Waals surface area contributed by atoms with Crippen LogP contribution in [0.5, 0.6) is 0 Å². The van der Waals surface area contributed by atoms with E-state index in [-0.39, 0.29) is 17.2 Å². The first-order valence-corrected chi connectivity index (χ1v) is 10.5. The maximum atomic E-state index is 12.9. The first kappa shape index (κ1) is 18.9. The first-order chi connectivity index (χ1) is 13.6. The highest BCUT2D eigenvalue weighted by atomic mass is 32.2. The molecule has 0 bridgehead atoms. The zero-order valence-electron chi connectivity index (χ0n) is 16.1. The summed E-state index contributed by atoms with van der Waals surface area (Å²) in [6.07, 6.45) is 9.23. The average molecular weight is 398 g/mol. The zero-order chi connectivity index (χ0) is 19.7. The molecule has 0 N–H and O–H groups in total. The smallest absolute Gasteiger partial charge is 0.280 e. The Morgan fingerprint density at radius 3 is 2.61 bits per heavy atom. The third-order valence-electron chi connectivity index (χ3n) is 5.35. The molecule has 7 nitrogen and oxygen atoms in total.